The quantitative estimate of drug-likeness (QED) is 0.435. The number of ketones is 1. The maximum Gasteiger partial charge on any atom is 0.313 e. The van der Waals surface area contributed by atoms with Gasteiger partial charge in [0.1, 0.15) is 5.52 Å². The third kappa shape index (κ3) is 3.54. The summed E-state index contributed by atoms with van der Waals surface area (Å²) in [5.74, 6) is 5.72. The fourth-order valence-electron chi connectivity index (χ4n) is 2.20. The maximum absolute atomic E-state index is 12.4. The average molecular weight is 343 g/mol. The molecule has 1 aromatic heterocycles. The minimum atomic E-state index is -0.0777. The highest BCUT2D eigenvalue weighted by Gasteiger charge is 2.14. The molecule has 0 aliphatic carbocycles. The highest BCUT2D eigenvalue weighted by molar-refractivity contribution is 6.10. The number of aromatic nitrogens is 1. The fourth-order valence-corrected chi connectivity index (χ4v) is 2.20. The number of carbonyl (C=O) groups is 1. The zero-order valence-corrected chi connectivity index (χ0v) is 13.5. The van der Waals surface area contributed by atoms with E-state index in [-0.39, 0.29) is 30.6 Å². The van der Waals surface area contributed by atoms with E-state index in [1.165, 1.54) is 5.01 Å². The summed E-state index contributed by atoms with van der Waals surface area (Å²) in [6.45, 7) is 0.319. The van der Waals surface area contributed by atoms with Crippen molar-refractivity contribution < 1.29 is 9.21 Å². The molecular weight excluding hydrogens is 328 g/mol. The molecule has 7 heteroatoms. The summed E-state index contributed by atoms with van der Waals surface area (Å²) in [5, 5.41) is 9.87. The Labute approximate surface area is 144 Å². The smallest absolute Gasteiger partial charge is 0.313 e. The van der Waals surface area contributed by atoms with Crippen molar-refractivity contribution in [2.45, 2.75) is 6.42 Å². The number of halogens is 1. The number of hydrazine groups is 1. The third-order valence-corrected chi connectivity index (χ3v) is 3.38. The first-order valence-electron chi connectivity index (χ1n) is 7.08. The molecule has 6 nitrogen and oxygen atoms in total. The van der Waals surface area contributed by atoms with Gasteiger partial charge in [-0.1, -0.05) is 30.3 Å². The lowest BCUT2D eigenvalue weighted by molar-refractivity contribution is 0.103. The number of carbonyl (C=O) groups excluding carboxylic acids is 1. The van der Waals surface area contributed by atoms with Crippen LogP contribution in [0.15, 0.2) is 52.9 Å². The zero-order chi connectivity index (χ0) is 16.2. The SMILES string of the molecule is Cl.N#CCCN(N)c1nc2cc(C(=O)c3ccccc3)ccc2o1. The number of nitriles is 1. The van der Waals surface area contributed by atoms with Crippen molar-refractivity contribution in [1.29, 1.82) is 5.26 Å². The number of hydrogen-bond donors (Lipinski definition) is 1. The summed E-state index contributed by atoms with van der Waals surface area (Å²) < 4.78 is 5.54. The highest BCUT2D eigenvalue weighted by atomic mass is 35.5. The molecule has 0 bridgehead atoms. The summed E-state index contributed by atoms with van der Waals surface area (Å²) in [4.78, 5) is 16.7. The molecular formula is C17H15ClN4O2. The van der Waals surface area contributed by atoms with Crippen LogP contribution in [0.1, 0.15) is 22.3 Å². The van der Waals surface area contributed by atoms with E-state index in [0.717, 1.165) is 0 Å². The van der Waals surface area contributed by atoms with Crippen LogP contribution >= 0.6 is 12.4 Å². The van der Waals surface area contributed by atoms with Gasteiger partial charge in [-0.25, -0.2) is 5.84 Å². The topological polar surface area (TPSA) is 96.1 Å². The van der Waals surface area contributed by atoms with E-state index in [1.807, 2.05) is 24.3 Å². The third-order valence-electron chi connectivity index (χ3n) is 3.38. The van der Waals surface area contributed by atoms with Crippen LogP contribution in [-0.4, -0.2) is 17.3 Å². The van der Waals surface area contributed by atoms with Crippen LogP contribution in [0.5, 0.6) is 0 Å². The monoisotopic (exact) mass is 342 g/mol. The van der Waals surface area contributed by atoms with Crippen molar-refractivity contribution >= 4 is 35.3 Å². The van der Waals surface area contributed by atoms with Gasteiger partial charge in [0.2, 0.25) is 0 Å². The Morgan fingerprint density at radius 3 is 2.67 bits per heavy atom. The number of oxazole rings is 1. The van der Waals surface area contributed by atoms with Gasteiger partial charge in [-0.15, -0.1) is 12.4 Å². The Kier molecular flexibility index (Phi) is 5.53. The van der Waals surface area contributed by atoms with E-state index in [9.17, 15) is 4.79 Å². The Balaban J connectivity index is 0.00000208. The first-order valence-corrected chi connectivity index (χ1v) is 7.08. The van der Waals surface area contributed by atoms with Gasteiger partial charge in [-0.05, 0) is 18.2 Å². The number of nitrogens with two attached hydrogens (primary N) is 1. The fraction of sp³-hybridized carbons (Fsp3) is 0.118. The van der Waals surface area contributed by atoms with E-state index in [0.29, 0.717) is 28.8 Å². The standard InChI is InChI=1S/C17H14N4O2.ClH/c18-9-4-10-21(19)17-20-14-11-13(7-8-15(14)23-17)16(22)12-5-2-1-3-6-12;/h1-3,5-8,11H,4,10,19H2;1H. The number of fused-ring (bicyclic) bond motifs is 1. The van der Waals surface area contributed by atoms with Crippen molar-refractivity contribution in [2.75, 3.05) is 11.6 Å². The minimum Gasteiger partial charge on any atom is -0.422 e. The van der Waals surface area contributed by atoms with Crippen LogP contribution in [0.3, 0.4) is 0 Å². The van der Waals surface area contributed by atoms with Gasteiger partial charge in [-0.2, -0.15) is 10.2 Å². The molecule has 3 rings (SSSR count). The van der Waals surface area contributed by atoms with Crippen LogP contribution < -0.4 is 10.9 Å². The lowest BCUT2D eigenvalue weighted by Gasteiger charge is -2.10. The van der Waals surface area contributed by atoms with Gasteiger partial charge in [0.15, 0.2) is 11.4 Å². The summed E-state index contributed by atoms with van der Waals surface area (Å²) in [5.41, 5.74) is 2.24. The molecule has 0 spiro atoms. The van der Waals surface area contributed by atoms with Crippen molar-refractivity contribution in [3.63, 3.8) is 0 Å². The van der Waals surface area contributed by atoms with Gasteiger partial charge in [0.25, 0.3) is 0 Å². The van der Waals surface area contributed by atoms with Gasteiger partial charge in [0.05, 0.1) is 19.0 Å². The minimum absolute atomic E-state index is 0. The summed E-state index contributed by atoms with van der Waals surface area (Å²) in [6, 6.07) is 16.3. The van der Waals surface area contributed by atoms with Gasteiger partial charge in [0, 0.05) is 11.1 Å². The first-order chi connectivity index (χ1) is 11.2. The molecule has 0 saturated heterocycles. The molecule has 0 aliphatic rings. The van der Waals surface area contributed by atoms with Gasteiger partial charge >= 0.3 is 6.01 Å². The van der Waals surface area contributed by atoms with Crippen LogP contribution in [0.2, 0.25) is 0 Å². The molecule has 2 aromatic carbocycles. The molecule has 0 saturated carbocycles. The van der Waals surface area contributed by atoms with Crippen LogP contribution in [0.25, 0.3) is 11.1 Å². The van der Waals surface area contributed by atoms with E-state index in [1.54, 1.807) is 30.3 Å². The largest absolute Gasteiger partial charge is 0.422 e. The second kappa shape index (κ2) is 7.59. The number of hydrogen-bond acceptors (Lipinski definition) is 6. The average Bonchev–Trinajstić information content (AvgIpc) is 3.03. The molecule has 122 valence electrons. The Hall–Kier alpha value is -2.88. The second-order valence-electron chi connectivity index (χ2n) is 4.98. The van der Waals surface area contributed by atoms with Crippen molar-refractivity contribution in [1.82, 2.24) is 4.98 Å². The van der Waals surface area contributed by atoms with E-state index >= 15 is 0 Å². The lowest BCUT2D eigenvalue weighted by Crippen LogP contribution is -2.31. The molecule has 24 heavy (non-hydrogen) atoms. The van der Waals surface area contributed by atoms with Crippen molar-refractivity contribution in [3.05, 3.63) is 59.7 Å². The van der Waals surface area contributed by atoms with Crippen molar-refractivity contribution in [3.8, 4) is 6.07 Å². The number of benzene rings is 2. The molecule has 0 amide bonds. The molecule has 1 heterocycles. The normalized spacial score (nSPS) is 10.0. The number of rotatable bonds is 5. The van der Waals surface area contributed by atoms with E-state index in [2.05, 4.69) is 4.98 Å². The Bertz CT molecular complexity index is 886. The van der Waals surface area contributed by atoms with Crippen LogP contribution in [0.4, 0.5) is 6.01 Å². The molecule has 0 radical (unpaired) electrons. The molecule has 3 aromatic rings. The Morgan fingerprint density at radius 1 is 1.21 bits per heavy atom. The van der Waals surface area contributed by atoms with Crippen LogP contribution in [-0.2, 0) is 0 Å². The number of anilines is 1. The number of nitrogens with zero attached hydrogens (tertiary/aromatic N) is 3. The summed E-state index contributed by atoms with van der Waals surface area (Å²) in [6.07, 6.45) is 0.271. The predicted octanol–water partition coefficient (Wildman–Crippen LogP) is 3.07. The molecule has 2 N–H and O–H groups in total. The highest BCUT2D eigenvalue weighted by Crippen LogP contribution is 2.23. The van der Waals surface area contributed by atoms with Gasteiger partial charge < -0.3 is 4.42 Å². The molecule has 0 unspecified atom stereocenters. The zero-order valence-electron chi connectivity index (χ0n) is 12.7. The van der Waals surface area contributed by atoms with Gasteiger partial charge in [-0.3, -0.25) is 9.80 Å². The Morgan fingerprint density at radius 2 is 1.96 bits per heavy atom. The molecule has 0 aliphatic heterocycles. The summed E-state index contributed by atoms with van der Waals surface area (Å²) in [7, 11) is 0. The van der Waals surface area contributed by atoms with E-state index < -0.39 is 0 Å². The second-order valence-corrected chi connectivity index (χ2v) is 4.98. The van der Waals surface area contributed by atoms with Crippen LogP contribution in [0, 0.1) is 11.3 Å². The molecule has 0 atom stereocenters. The maximum atomic E-state index is 12.4. The molecule has 0 fully saturated rings. The van der Waals surface area contributed by atoms with Crippen molar-refractivity contribution in [2.24, 2.45) is 5.84 Å². The predicted molar refractivity (Wildman–Crippen MR) is 92.9 cm³/mol. The van der Waals surface area contributed by atoms with E-state index in [4.69, 9.17) is 15.5 Å². The first kappa shape index (κ1) is 17.5. The summed E-state index contributed by atoms with van der Waals surface area (Å²) >= 11 is 0. The lowest BCUT2D eigenvalue weighted by atomic mass is 10.0.